The van der Waals surface area contributed by atoms with Gasteiger partial charge in [-0.2, -0.15) is 0 Å². The largest absolute Gasteiger partial charge is 0.307 e. The maximum absolute atomic E-state index is 5.44. The lowest BCUT2D eigenvalue weighted by atomic mass is 9.86. The number of hydrogen-bond donors (Lipinski definition) is 0. The highest BCUT2D eigenvalue weighted by Gasteiger charge is 2.33. The van der Waals surface area contributed by atoms with Gasteiger partial charge in [-0.15, -0.1) is 0 Å². The molecule has 0 aliphatic heterocycles. The molecule has 0 bridgehead atoms. The van der Waals surface area contributed by atoms with E-state index in [1.54, 1.807) is 0 Å². The van der Waals surface area contributed by atoms with Gasteiger partial charge in [0.15, 0.2) is 34.9 Å². The Hall–Kier alpha value is -17.1. The van der Waals surface area contributed by atoms with E-state index in [9.17, 15) is 0 Å². The zero-order valence-corrected chi connectivity index (χ0v) is 67.9. The van der Waals surface area contributed by atoms with Crippen LogP contribution in [0.15, 0.2) is 382 Å². The normalized spacial score (nSPS) is 12.6. The van der Waals surface area contributed by atoms with Crippen LogP contribution in [0.4, 0.5) is 0 Å². The smallest absolute Gasteiger partial charge is 0.166 e. The van der Waals surface area contributed by atoms with Crippen LogP contribution in [-0.4, -0.2) is 43.1 Å². The quantitative estimate of drug-likeness (QED) is 0.127. The van der Waals surface area contributed by atoms with E-state index in [1.807, 2.05) is 54.6 Å². The SMILES string of the molecule is c1ccc(-c2nc(-c3ccc(-c4cc5c6ccccc6n6c7c(-c8nc(-c9ccccc9)nc(-c9ccccc9)n8)ccc8c9ccccc9c4c(c87)c56)cc3)nc(-c3ccc(-c4ccc5c6ccccc6c6c(-c7ccc8ccc(-c9ccc%10c%11ccccc%11c%11ccc%12c%13ccccc%13n%13c9c%10c%11c%12%13)cc8c7)cc7c8ccccc8n8c4c5c6c78)cc3)n2)cc1. The molecule has 127 heavy (non-hydrogen) atoms. The molecule has 30 aromatic rings. The van der Waals surface area contributed by atoms with Crippen LogP contribution in [0.1, 0.15) is 0 Å². The fourth-order valence-electron chi connectivity index (χ4n) is 22.8. The van der Waals surface area contributed by atoms with Gasteiger partial charge in [-0.25, -0.2) is 29.9 Å². The summed E-state index contributed by atoms with van der Waals surface area (Å²) in [6.07, 6.45) is 0. The lowest BCUT2D eigenvalue weighted by molar-refractivity contribution is 1.07. The van der Waals surface area contributed by atoms with Gasteiger partial charge < -0.3 is 13.2 Å². The Kier molecular flexibility index (Phi) is 13.2. The van der Waals surface area contributed by atoms with Crippen LogP contribution >= 0.6 is 0 Å². The summed E-state index contributed by atoms with van der Waals surface area (Å²) in [5, 5.41) is 32.4. The summed E-state index contributed by atoms with van der Waals surface area (Å²) in [5.74, 6) is 3.64. The Balaban J connectivity index is 0.554. The van der Waals surface area contributed by atoms with E-state index < -0.39 is 0 Å². The van der Waals surface area contributed by atoms with E-state index in [0.717, 1.165) is 66.7 Å². The van der Waals surface area contributed by atoms with Crippen LogP contribution in [0, 0.1) is 0 Å². The first kappa shape index (κ1) is 67.5. The zero-order chi connectivity index (χ0) is 82.3. The molecule has 9 nitrogen and oxygen atoms in total. The Morgan fingerprint density at radius 3 is 0.843 bits per heavy atom. The van der Waals surface area contributed by atoms with Gasteiger partial charge in [-0.3, -0.25) is 0 Å². The molecule has 0 atom stereocenters. The van der Waals surface area contributed by atoms with Crippen LogP contribution in [0.25, 0.3) is 303 Å². The standard InChI is InChI=1S/C118H63N9/c1-4-22-67(23-5-1)113-119-116(122-117(120-113)71-48-44-66(45-49-71)92-62-94-82-33-18-21-39-98(82)127-110-91(59-57-89-79-30-12-14-35-84(79)99(92)105(104(89)110)112(94)127)118-123-114(68-24-6-2-7-25-68)121-115(124-118)69-26-8-3-9-27-69)70-46-42-65(43-47-70)75-52-54-88-80-31-13-15-36-85(80)100-93(63-95-83-34-17-20-38-97(83)126-107(75)103(88)106(100)111(95)126)73-51-41-64-40-50-72(60-74(64)61-73)76-53-55-86-77-28-10-11-29-78(77)87-56-58-90-81-32-16-19-37-96(81)125-108(76)101(86)102(87)109(90)125/h1-63H. The minimum atomic E-state index is 0.587. The maximum atomic E-state index is 5.44. The third kappa shape index (κ3) is 9.04. The van der Waals surface area contributed by atoms with Gasteiger partial charge in [-0.1, -0.05) is 334 Å². The number of rotatable bonds is 10. The van der Waals surface area contributed by atoms with Crippen molar-refractivity contribution in [3.63, 3.8) is 0 Å². The summed E-state index contributed by atoms with van der Waals surface area (Å²) in [4.78, 5) is 32.0. The Morgan fingerprint density at radius 1 is 0.134 bits per heavy atom. The molecule has 0 aliphatic carbocycles. The van der Waals surface area contributed by atoms with Crippen molar-refractivity contribution in [2.45, 2.75) is 0 Å². The van der Waals surface area contributed by atoms with Gasteiger partial charge in [-0.05, 0) is 147 Å². The molecule has 0 saturated carbocycles. The molecule has 22 aromatic carbocycles. The van der Waals surface area contributed by atoms with E-state index in [1.165, 1.54) is 201 Å². The fourth-order valence-corrected chi connectivity index (χ4v) is 22.8. The predicted molar refractivity (Wildman–Crippen MR) is 528 cm³/mol. The number of aromatic nitrogens is 9. The number of fused-ring (bicyclic) bond motifs is 22. The summed E-state index contributed by atoms with van der Waals surface area (Å²) in [6, 6.07) is 140. The van der Waals surface area contributed by atoms with E-state index in [-0.39, 0.29) is 0 Å². The molecule has 9 heteroatoms. The van der Waals surface area contributed by atoms with Crippen molar-refractivity contribution in [3.05, 3.63) is 382 Å². The first-order chi connectivity index (χ1) is 63.0. The third-order valence-corrected chi connectivity index (χ3v) is 28.2. The topological polar surface area (TPSA) is 90.6 Å². The highest BCUT2D eigenvalue weighted by Crippen LogP contribution is 2.57. The zero-order valence-electron chi connectivity index (χ0n) is 67.9. The van der Waals surface area contributed by atoms with Crippen molar-refractivity contribution in [2.75, 3.05) is 0 Å². The summed E-state index contributed by atoms with van der Waals surface area (Å²) in [6.45, 7) is 0. The van der Waals surface area contributed by atoms with Crippen molar-refractivity contribution in [1.82, 2.24) is 43.1 Å². The van der Waals surface area contributed by atoms with Gasteiger partial charge >= 0.3 is 0 Å². The highest BCUT2D eigenvalue weighted by atomic mass is 15.1. The minimum absolute atomic E-state index is 0.587. The first-order valence-corrected chi connectivity index (χ1v) is 43.6. The van der Waals surface area contributed by atoms with Gasteiger partial charge in [0.25, 0.3) is 0 Å². The molecule has 30 rings (SSSR count). The maximum Gasteiger partial charge on any atom is 0.166 e. The van der Waals surface area contributed by atoms with Crippen LogP contribution < -0.4 is 0 Å². The molecule has 0 N–H and O–H groups in total. The second kappa shape index (κ2) is 24.8. The molecule has 0 unspecified atom stereocenters. The molecule has 8 heterocycles. The molecule has 580 valence electrons. The second-order valence-electron chi connectivity index (χ2n) is 34.5. The van der Waals surface area contributed by atoms with E-state index in [4.69, 9.17) is 29.9 Å². The van der Waals surface area contributed by atoms with Crippen molar-refractivity contribution >= 4 is 190 Å². The Bertz CT molecular complexity index is 9890. The summed E-state index contributed by atoms with van der Waals surface area (Å²) in [7, 11) is 0. The van der Waals surface area contributed by atoms with Gasteiger partial charge in [0.1, 0.15) is 0 Å². The lowest BCUT2D eigenvalue weighted by Crippen LogP contribution is -2.01. The Morgan fingerprint density at radius 2 is 0.402 bits per heavy atom. The van der Waals surface area contributed by atoms with Gasteiger partial charge in [0.2, 0.25) is 0 Å². The van der Waals surface area contributed by atoms with Crippen molar-refractivity contribution in [2.24, 2.45) is 0 Å². The first-order valence-electron chi connectivity index (χ1n) is 43.6. The number of nitrogens with zero attached hydrogens (tertiary/aromatic N) is 9. The lowest BCUT2D eigenvalue weighted by Gasteiger charge is -2.16. The average molecular weight is 1610 g/mol. The van der Waals surface area contributed by atoms with E-state index in [0.29, 0.717) is 34.9 Å². The Labute approximate surface area is 722 Å². The van der Waals surface area contributed by atoms with E-state index >= 15 is 0 Å². The molecule has 0 saturated heterocycles. The second-order valence-corrected chi connectivity index (χ2v) is 34.5. The molecule has 0 aliphatic rings. The average Bonchev–Trinajstić information content (AvgIpc) is 1.52. The molecule has 0 radical (unpaired) electrons. The summed E-state index contributed by atoms with van der Waals surface area (Å²) < 4.78 is 7.66. The molecule has 0 fully saturated rings. The number of hydrogen-bond acceptors (Lipinski definition) is 6. The molecular weight excluding hydrogens is 1540 g/mol. The van der Waals surface area contributed by atoms with Crippen molar-refractivity contribution < 1.29 is 0 Å². The van der Waals surface area contributed by atoms with Gasteiger partial charge in [0.05, 0.1) is 49.7 Å². The summed E-state index contributed by atoms with van der Waals surface area (Å²) >= 11 is 0. The monoisotopic (exact) mass is 1610 g/mol. The highest BCUT2D eigenvalue weighted by molar-refractivity contribution is 6.45. The van der Waals surface area contributed by atoms with Gasteiger partial charge in [0, 0.05) is 120 Å². The summed E-state index contributed by atoms with van der Waals surface area (Å²) in [5.41, 5.74) is 25.6. The molecular formula is C118H63N9. The fraction of sp³-hybridized carbons (Fsp3) is 0. The minimum Gasteiger partial charge on any atom is -0.307 e. The molecule has 8 aromatic heterocycles. The van der Waals surface area contributed by atoms with Crippen LogP contribution in [0.5, 0.6) is 0 Å². The number of benzene rings is 22. The van der Waals surface area contributed by atoms with Crippen LogP contribution in [-0.2, 0) is 0 Å². The van der Waals surface area contributed by atoms with Crippen LogP contribution in [0.2, 0.25) is 0 Å². The predicted octanol–water partition coefficient (Wildman–Crippen LogP) is 30.6. The van der Waals surface area contributed by atoms with E-state index in [2.05, 4.69) is 341 Å². The molecule has 0 amide bonds. The van der Waals surface area contributed by atoms with Crippen molar-refractivity contribution in [3.8, 4) is 113 Å². The van der Waals surface area contributed by atoms with Crippen LogP contribution in [0.3, 0.4) is 0 Å². The third-order valence-electron chi connectivity index (χ3n) is 28.2. The molecule has 0 spiro atoms. The van der Waals surface area contributed by atoms with Crippen molar-refractivity contribution in [1.29, 1.82) is 0 Å². The number of para-hydroxylation sites is 3.